The Morgan fingerprint density at radius 3 is 1.50 bits per heavy atom. The summed E-state index contributed by atoms with van der Waals surface area (Å²) < 4.78 is 0.0895. The SMILES string of the molecule is ClC=C(Cl)Cl.[Na]. The summed E-state index contributed by atoms with van der Waals surface area (Å²) in [5, 5.41) is 0. The molecule has 0 aliphatic heterocycles. The molecule has 0 saturated heterocycles. The molecule has 0 nitrogen and oxygen atoms in total. The van der Waals surface area contributed by atoms with Crippen molar-refractivity contribution < 1.29 is 0 Å². The van der Waals surface area contributed by atoms with Crippen LogP contribution in [0.1, 0.15) is 0 Å². The molecule has 6 heavy (non-hydrogen) atoms. The first-order valence-corrected chi connectivity index (χ1v) is 2.08. The van der Waals surface area contributed by atoms with Gasteiger partial charge in [0.1, 0.15) is 4.49 Å². The van der Waals surface area contributed by atoms with Crippen molar-refractivity contribution in [1.29, 1.82) is 0 Å². The van der Waals surface area contributed by atoms with Crippen LogP contribution in [0.15, 0.2) is 10.0 Å². The molecular weight excluding hydrogens is 153 g/mol. The van der Waals surface area contributed by atoms with Gasteiger partial charge in [-0.05, 0) is 0 Å². The zero-order chi connectivity index (χ0) is 4.28. The van der Waals surface area contributed by atoms with Crippen LogP contribution in [-0.4, -0.2) is 29.6 Å². The van der Waals surface area contributed by atoms with Gasteiger partial charge in [0.25, 0.3) is 0 Å². The number of rotatable bonds is 0. The van der Waals surface area contributed by atoms with Gasteiger partial charge in [-0.1, -0.05) is 34.8 Å². The third-order valence-electron chi connectivity index (χ3n) is 0.0825. The van der Waals surface area contributed by atoms with Gasteiger partial charge >= 0.3 is 0 Å². The maximum absolute atomic E-state index is 4.96. The van der Waals surface area contributed by atoms with E-state index < -0.39 is 0 Å². The third kappa shape index (κ3) is 9.15. The van der Waals surface area contributed by atoms with Crippen LogP contribution in [0, 0.1) is 0 Å². The molecule has 0 amide bonds. The Bertz CT molecular complexity index is 46.8. The van der Waals surface area contributed by atoms with E-state index in [0.717, 1.165) is 5.54 Å². The second-order valence-electron chi connectivity index (χ2n) is 0.399. The second-order valence-corrected chi connectivity index (χ2v) is 1.62. The smallest absolute Gasteiger partial charge is 0.0904 e. The molecule has 0 aliphatic rings. The van der Waals surface area contributed by atoms with E-state index in [2.05, 4.69) is 0 Å². The van der Waals surface area contributed by atoms with E-state index in [0.29, 0.717) is 0 Å². The van der Waals surface area contributed by atoms with E-state index in [4.69, 9.17) is 34.8 Å². The predicted octanol–water partition coefficient (Wildman–Crippen LogP) is 2.12. The van der Waals surface area contributed by atoms with Crippen molar-refractivity contribution in [1.82, 2.24) is 0 Å². The van der Waals surface area contributed by atoms with E-state index in [1.807, 2.05) is 0 Å². The van der Waals surface area contributed by atoms with Crippen molar-refractivity contribution in [2.45, 2.75) is 0 Å². The molecule has 0 atom stereocenters. The van der Waals surface area contributed by atoms with Gasteiger partial charge in [0.2, 0.25) is 0 Å². The summed E-state index contributed by atoms with van der Waals surface area (Å²) in [4.78, 5) is 0. The van der Waals surface area contributed by atoms with Gasteiger partial charge in [0.05, 0.1) is 0 Å². The van der Waals surface area contributed by atoms with Crippen LogP contribution in [0.25, 0.3) is 0 Å². The summed E-state index contributed by atoms with van der Waals surface area (Å²) in [5.41, 5.74) is 1.09. The summed E-state index contributed by atoms with van der Waals surface area (Å²) in [6.07, 6.45) is 0. The average molecular weight is 154 g/mol. The van der Waals surface area contributed by atoms with Crippen molar-refractivity contribution in [2.75, 3.05) is 0 Å². The monoisotopic (exact) mass is 153 g/mol. The topological polar surface area (TPSA) is 0 Å². The maximum atomic E-state index is 4.96. The Balaban J connectivity index is 0. The van der Waals surface area contributed by atoms with Gasteiger partial charge in [-0.2, -0.15) is 0 Å². The standard InChI is InChI=1S/C2HCl3.Na/c3-1-2(4)5;/h1H;. The van der Waals surface area contributed by atoms with E-state index in [1.54, 1.807) is 0 Å². The van der Waals surface area contributed by atoms with Crippen molar-refractivity contribution >= 4 is 64.4 Å². The van der Waals surface area contributed by atoms with E-state index >= 15 is 0 Å². The first kappa shape index (κ1) is 10.6. The van der Waals surface area contributed by atoms with Gasteiger partial charge in [-0.3, -0.25) is 0 Å². The second kappa shape index (κ2) is 6.61. The first-order valence-electron chi connectivity index (χ1n) is 0.885. The van der Waals surface area contributed by atoms with Crippen LogP contribution in [0.2, 0.25) is 0 Å². The first-order chi connectivity index (χ1) is 2.27. The Labute approximate surface area is 73.7 Å². The molecule has 0 saturated carbocycles. The van der Waals surface area contributed by atoms with Crippen molar-refractivity contribution in [2.24, 2.45) is 0 Å². The molecule has 0 heterocycles. The van der Waals surface area contributed by atoms with Gasteiger partial charge < -0.3 is 0 Å². The quantitative estimate of drug-likeness (QED) is 0.469. The molecule has 0 bridgehead atoms. The molecule has 0 aromatic heterocycles. The minimum Gasteiger partial charge on any atom is -0.0904 e. The fourth-order valence-electron chi connectivity index (χ4n) is 0. The summed E-state index contributed by atoms with van der Waals surface area (Å²) in [6.45, 7) is 0. The normalized spacial score (nSPS) is 5.83. The van der Waals surface area contributed by atoms with Crippen molar-refractivity contribution in [3.05, 3.63) is 10.0 Å². The van der Waals surface area contributed by atoms with Crippen molar-refractivity contribution in [3.63, 3.8) is 0 Å². The summed E-state index contributed by atoms with van der Waals surface area (Å²) >= 11 is 14.8. The molecule has 4 heteroatoms. The molecule has 0 aromatic carbocycles. The van der Waals surface area contributed by atoms with E-state index in [9.17, 15) is 0 Å². The van der Waals surface area contributed by atoms with Crippen molar-refractivity contribution in [3.8, 4) is 0 Å². The van der Waals surface area contributed by atoms with E-state index in [-0.39, 0.29) is 34.0 Å². The zero-order valence-corrected chi connectivity index (χ0v) is 7.48. The van der Waals surface area contributed by atoms with E-state index in [1.165, 1.54) is 0 Å². The maximum Gasteiger partial charge on any atom is 0.118 e. The number of halogens is 3. The molecule has 31 valence electrons. The molecule has 0 fully saturated rings. The molecule has 0 spiro atoms. The third-order valence-corrected chi connectivity index (χ3v) is 0.742. The van der Waals surface area contributed by atoms with Crippen LogP contribution in [-0.2, 0) is 0 Å². The fraction of sp³-hybridized carbons (Fsp3) is 0. The van der Waals surface area contributed by atoms with Gasteiger partial charge in [-0.25, -0.2) is 0 Å². The predicted molar refractivity (Wildman–Crippen MR) is 31.4 cm³/mol. The van der Waals surface area contributed by atoms with Gasteiger partial charge in [-0.15, -0.1) is 0 Å². The minimum absolute atomic E-state index is 0. The van der Waals surface area contributed by atoms with Crippen LogP contribution >= 0.6 is 34.8 Å². The number of hydrogen-bond donors (Lipinski definition) is 0. The number of hydrogen-bond acceptors (Lipinski definition) is 0. The molecule has 0 aliphatic carbocycles. The largest absolute Gasteiger partial charge is 0.118 e. The zero-order valence-electron chi connectivity index (χ0n) is 3.21. The molecule has 0 rings (SSSR count). The Morgan fingerprint density at radius 1 is 1.33 bits per heavy atom. The molecule has 0 N–H and O–H groups in total. The summed E-state index contributed by atoms with van der Waals surface area (Å²) in [6, 6.07) is 0. The van der Waals surface area contributed by atoms with Crippen LogP contribution in [0.4, 0.5) is 0 Å². The van der Waals surface area contributed by atoms with Gasteiger partial charge in [0, 0.05) is 35.1 Å². The summed E-state index contributed by atoms with van der Waals surface area (Å²) in [5.74, 6) is 0. The Morgan fingerprint density at radius 2 is 1.50 bits per heavy atom. The Kier molecular flexibility index (Phi) is 11.6. The summed E-state index contributed by atoms with van der Waals surface area (Å²) in [7, 11) is 0. The van der Waals surface area contributed by atoms with Gasteiger partial charge in [0.15, 0.2) is 0 Å². The fourth-order valence-corrected chi connectivity index (χ4v) is 0. The molecule has 0 aromatic rings. The molecule has 1 radical (unpaired) electrons. The average Bonchev–Trinajstić information content (AvgIpc) is 1.38. The molecular formula is C2HCl3Na. The van der Waals surface area contributed by atoms with Crippen LogP contribution < -0.4 is 0 Å². The van der Waals surface area contributed by atoms with Crippen LogP contribution in [0.5, 0.6) is 0 Å². The molecule has 0 unspecified atom stereocenters. The Hall–Kier alpha value is 1.61. The minimum atomic E-state index is 0. The van der Waals surface area contributed by atoms with Crippen LogP contribution in [0.3, 0.4) is 0 Å².